The molecule has 0 aliphatic carbocycles. The summed E-state index contributed by atoms with van der Waals surface area (Å²) in [5.74, 6) is 0.547. The summed E-state index contributed by atoms with van der Waals surface area (Å²) in [5, 5.41) is 11.0. The van der Waals surface area contributed by atoms with Gasteiger partial charge in [-0.25, -0.2) is 0 Å². The molecule has 0 unspecified atom stereocenters. The van der Waals surface area contributed by atoms with Crippen molar-refractivity contribution in [2.45, 2.75) is 43.9 Å². The van der Waals surface area contributed by atoms with Gasteiger partial charge in [-0.1, -0.05) is 11.6 Å². The molecule has 0 aromatic heterocycles. The van der Waals surface area contributed by atoms with Crippen molar-refractivity contribution < 1.29 is 9.66 Å². The minimum atomic E-state index is -0.453. The molecule has 2 bridgehead atoms. The van der Waals surface area contributed by atoms with Crippen LogP contribution in [0.4, 0.5) is 5.69 Å². The van der Waals surface area contributed by atoms with Crippen LogP contribution in [-0.2, 0) is 0 Å². The summed E-state index contributed by atoms with van der Waals surface area (Å²) in [6.07, 6.45) is 4.62. The Bertz CT molecular complexity index is 529. The van der Waals surface area contributed by atoms with E-state index in [0.29, 0.717) is 22.9 Å². The van der Waals surface area contributed by atoms with Crippen molar-refractivity contribution in [3.63, 3.8) is 0 Å². The van der Waals surface area contributed by atoms with Crippen LogP contribution in [0.25, 0.3) is 0 Å². The maximum atomic E-state index is 10.7. The number of nitro benzene ring substituents is 1. The van der Waals surface area contributed by atoms with E-state index in [2.05, 4.69) is 11.9 Å². The van der Waals surface area contributed by atoms with Crippen LogP contribution < -0.4 is 4.74 Å². The first-order chi connectivity index (χ1) is 9.54. The van der Waals surface area contributed by atoms with Gasteiger partial charge in [0.15, 0.2) is 0 Å². The number of hydrogen-bond donors (Lipinski definition) is 0. The van der Waals surface area contributed by atoms with E-state index in [0.717, 1.165) is 12.8 Å². The summed E-state index contributed by atoms with van der Waals surface area (Å²) >= 11 is 6.07. The first kappa shape index (κ1) is 17.0. The number of rotatable bonds is 3. The maximum absolute atomic E-state index is 10.7. The van der Waals surface area contributed by atoms with Gasteiger partial charge in [-0.05, 0) is 38.8 Å². The second-order valence-corrected chi connectivity index (χ2v) is 6.04. The van der Waals surface area contributed by atoms with Gasteiger partial charge in [0.1, 0.15) is 11.9 Å². The van der Waals surface area contributed by atoms with Gasteiger partial charge in [0, 0.05) is 24.2 Å². The van der Waals surface area contributed by atoms with Crippen molar-refractivity contribution in [1.29, 1.82) is 0 Å². The third-order valence-corrected chi connectivity index (χ3v) is 4.77. The predicted molar refractivity (Wildman–Crippen MR) is 83.5 cm³/mol. The molecule has 110 valence electrons. The van der Waals surface area contributed by atoms with Crippen LogP contribution in [0.15, 0.2) is 18.2 Å². The monoisotopic (exact) mass is 320 g/mol. The second kappa shape index (κ2) is 6.84. The van der Waals surface area contributed by atoms with Crippen LogP contribution in [0.1, 0.15) is 25.7 Å². The van der Waals surface area contributed by atoms with E-state index in [4.69, 9.17) is 16.3 Å². The summed E-state index contributed by atoms with van der Waals surface area (Å²) in [6, 6.07) is 5.57. The molecule has 2 aliphatic rings. The number of piperidine rings is 1. The third kappa shape index (κ3) is 3.54. The first-order valence-corrected chi connectivity index (χ1v) is 7.25. The van der Waals surface area contributed by atoms with E-state index in [-0.39, 0.29) is 41.3 Å². The van der Waals surface area contributed by atoms with E-state index in [1.807, 2.05) is 0 Å². The van der Waals surface area contributed by atoms with Crippen molar-refractivity contribution in [1.82, 2.24) is 4.90 Å². The predicted octanol–water partition coefficient (Wildman–Crippen LogP) is 2.60. The second-order valence-electron chi connectivity index (χ2n) is 5.63. The van der Waals surface area contributed by atoms with Crippen molar-refractivity contribution in [2.75, 3.05) is 7.05 Å². The molecule has 0 spiro atoms. The molecule has 1 aromatic rings. The number of hydrogen-bond acceptors (Lipinski definition) is 4. The quantitative estimate of drug-likeness (QED) is 0.488. The normalized spacial score (nSPS) is 28.0. The SMILES string of the molecule is CN1[C@@H]2CC[C@H]1C[C@@H](Oc1ccc([N+](=O)[O-])cc1Cl)C2.[NaH]. The Kier molecular flexibility index (Phi) is 5.54. The topological polar surface area (TPSA) is 55.6 Å². The summed E-state index contributed by atoms with van der Waals surface area (Å²) in [6.45, 7) is 0. The van der Waals surface area contributed by atoms with Crippen LogP contribution in [0.2, 0.25) is 5.02 Å². The summed E-state index contributed by atoms with van der Waals surface area (Å²) in [4.78, 5) is 12.7. The number of halogens is 1. The fourth-order valence-electron chi connectivity index (χ4n) is 3.34. The molecule has 3 atom stereocenters. The molecule has 2 fully saturated rings. The van der Waals surface area contributed by atoms with Gasteiger partial charge in [0.25, 0.3) is 5.69 Å². The summed E-state index contributed by atoms with van der Waals surface area (Å²) in [5.41, 5.74) is -0.00852. The van der Waals surface area contributed by atoms with Crippen LogP contribution >= 0.6 is 11.6 Å². The minimum absolute atomic E-state index is 0. The molecule has 2 aliphatic heterocycles. The Morgan fingerprint density at radius 3 is 2.48 bits per heavy atom. The van der Waals surface area contributed by atoms with Crippen LogP contribution in [-0.4, -0.2) is 64.6 Å². The van der Waals surface area contributed by atoms with E-state index in [9.17, 15) is 10.1 Å². The zero-order valence-corrected chi connectivity index (χ0v) is 12.0. The Labute approximate surface area is 151 Å². The molecule has 3 rings (SSSR count). The standard InChI is InChI=1S/C14H17ClN2O3.Na.H/c1-16-9-2-3-10(16)7-12(6-9)20-14-5-4-11(17(18)19)8-13(14)15;;/h4-5,8-10,12H,2-3,6-7H2,1H3;;/t9-,10+,12+;;. The molecule has 0 radical (unpaired) electrons. The van der Waals surface area contributed by atoms with Crippen LogP contribution in [0.5, 0.6) is 5.75 Å². The molecule has 2 saturated heterocycles. The molecule has 1 aromatic carbocycles. The molecular weight excluding hydrogens is 303 g/mol. The van der Waals surface area contributed by atoms with Crippen molar-refractivity contribution in [3.8, 4) is 5.75 Å². The molecule has 5 nitrogen and oxygen atoms in total. The van der Waals surface area contributed by atoms with Gasteiger partial charge < -0.3 is 9.64 Å². The average Bonchev–Trinajstić information content (AvgIpc) is 2.64. The Morgan fingerprint density at radius 2 is 1.95 bits per heavy atom. The average molecular weight is 321 g/mol. The van der Waals surface area contributed by atoms with E-state index in [1.165, 1.54) is 25.0 Å². The fraction of sp³-hybridized carbons (Fsp3) is 0.571. The van der Waals surface area contributed by atoms with Gasteiger partial charge in [-0.2, -0.15) is 0 Å². The number of ether oxygens (including phenoxy) is 1. The Balaban J connectivity index is 0.00000161. The van der Waals surface area contributed by atoms with Crippen molar-refractivity contribution >= 4 is 46.8 Å². The summed E-state index contributed by atoms with van der Waals surface area (Å²) in [7, 11) is 2.18. The number of nitro groups is 1. The number of benzene rings is 1. The van der Waals surface area contributed by atoms with Gasteiger partial charge in [-0.15, -0.1) is 0 Å². The zero-order valence-electron chi connectivity index (χ0n) is 11.3. The van der Waals surface area contributed by atoms with Gasteiger partial charge in [0.2, 0.25) is 0 Å². The molecular formula is C14H18ClN2NaO3. The third-order valence-electron chi connectivity index (χ3n) is 4.47. The molecule has 0 saturated carbocycles. The summed E-state index contributed by atoms with van der Waals surface area (Å²) < 4.78 is 5.97. The van der Waals surface area contributed by atoms with Crippen LogP contribution in [0, 0.1) is 10.1 Å². The van der Waals surface area contributed by atoms with Crippen LogP contribution in [0.3, 0.4) is 0 Å². The number of non-ortho nitro benzene ring substituents is 1. The van der Waals surface area contributed by atoms with Crippen molar-refractivity contribution in [2.24, 2.45) is 0 Å². The van der Waals surface area contributed by atoms with E-state index >= 15 is 0 Å². The molecule has 2 heterocycles. The first-order valence-electron chi connectivity index (χ1n) is 6.87. The molecule has 0 N–H and O–H groups in total. The van der Waals surface area contributed by atoms with E-state index < -0.39 is 4.92 Å². The van der Waals surface area contributed by atoms with Gasteiger partial charge in [-0.3, -0.25) is 10.1 Å². The Morgan fingerprint density at radius 1 is 1.33 bits per heavy atom. The Hall–Kier alpha value is -0.330. The zero-order chi connectivity index (χ0) is 14.3. The van der Waals surface area contributed by atoms with Gasteiger partial charge >= 0.3 is 29.6 Å². The van der Waals surface area contributed by atoms with E-state index in [1.54, 1.807) is 6.07 Å². The molecule has 0 amide bonds. The molecule has 21 heavy (non-hydrogen) atoms. The molecule has 7 heteroatoms. The number of fused-ring (bicyclic) bond motifs is 2. The fourth-order valence-corrected chi connectivity index (χ4v) is 3.56. The number of nitrogens with zero attached hydrogens (tertiary/aromatic N) is 2. The van der Waals surface area contributed by atoms with Gasteiger partial charge in [0.05, 0.1) is 9.95 Å². The van der Waals surface area contributed by atoms with Crippen molar-refractivity contribution in [3.05, 3.63) is 33.3 Å².